The van der Waals surface area contributed by atoms with E-state index < -0.39 is 0 Å². The lowest BCUT2D eigenvalue weighted by Gasteiger charge is -2.53. The molecule has 3 fully saturated rings. The van der Waals surface area contributed by atoms with Crippen LogP contribution >= 0.6 is 0 Å². The van der Waals surface area contributed by atoms with Gasteiger partial charge in [0.2, 0.25) is 0 Å². The third-order valence-corrected chi connectivity index (χ3v) is 5.85. The van der Waals surface area contributed by atoms with Gasteiger partial charge in [-0.2, -0.15) is 0 Å². The number of likely N-dealkylation sites (tertiary alicyclic amines) is 1. The minimum atomic E-state index is 0.167. The summed E-state index contributed by atoms with van der Waals surface area (Å²) in [6.07, 6.45) is 11.3. The van der Waals surface area contributed by atoms with Crippen molar-refractivity contribution in [1.29, 1.82) is 0 Å². The number of ether oxygens (including phenoxy) is 1. The lowest BCUT2D eigenvalue weighted by molar-refractivity contribution is -0.116. The Kier molecular flexibility index (Phi) is 4.20. The van der Waals surface area contributed by atoms with Crippen molar-refractivity contribution in [3.63, 3.8) is 0 Å². The van der Waals surface area contributed by atoms with Crippen LogP contribution in [0.1, 0.15) is 57.8 Å². The SMILES string of the molecule is COC1CCC12CCN(C(=O)NC1CCCCC1)CC2. The Hall–Kier alpha value is -0.770. The maximum Gasteiger partial charge on any atom is 0.317 e. The average Bonchev–Trinajstić information content (AvgIpc) is 2.48. The monoisotopic (exact) mass is 280 g/mol. The maximum absolute atomic E-state index is 12.3. The van der Waals surface area contributed by atoms with Crippen molar-refractivity contribution in [2.24, 2.45) is 5.41 Å². The van der Waals surface area contributed by atoms with Gasteiger partial charge in [-0.25, -0.2) is 4.79 Å². The summed E-state index contributed by atoms with van der Waals surface area (Å²) in [6, 6.07) is 0.586. The summed E-state index contributed by atoms with van der Waals surface area (Å²) in [5.74, 6) is 0. The summed E-state index contributed by atoms with van der Waals surface area (Å²) < 4.78 is 5.58. The molecule has 0 aromatic rings. The van der Waals surface area contributed by atoms with Gasteiger partial charge in [-0.15, -0.1) is 0 Å². The van der Waals surface area contributed by atoms with Crippen LogP contribution in [0.15, 0.2) is 0 Å². The molecule has 1 unspecified atom stereocenters. The number of piperidine rings is 1. The van der Waals surface area contributed by atoms with Crippen molar-refractivity contribution in [3.05, 3.63) is 0 Å². The summed E-state index contributed by atoms with van der Waals surface area (Å²) in [4.78, 5) is 14.3. The zero-order chi connectivity index (χ0) is 14.0. The second kappa shape index (κ2) is 5.92. The van der Waals surface area contributed by atoms with Gasteiger partial charge in [0.1, 0.15) is 0 Å². The Morgan fingerprint density at radius 2 is 1.80 bits per heavy atom. The van der Waals surface area contributed by atoms with Crippen molar-refractivity contribution in [2.45, 2.75) is 69.9 Å². The molecule has 0 radical (unpaired) electrons. The van der Waals surface area contributed by atoms with E-state index in [9.17, 15) is 4.79 Å². The highest BCUT2D eigenvalue weighted by Crippen LogP contribution is 2.50. The van der Waals surface area contributed by atoms with Crippen LogP contribution in [-0.2, 0) is 4.74 Å². The number of methoxy groups -OCH3 is 1. The van der Waals surface area contributed by atoms with Crippen molar-refractivity contribution >= 4 is 6.03 Å². The van der Waals surface area contributed by atoms with Crippen molar-refractivity contribution in [1.82, 2.24) is 10.2 Å². The van der Waals surface area contributed by atoms with E-state index >= 15 is 0 Å². The Morgan fingerprint density at radius 1 is 1.10 bits per heavy atom. The summed E-state index contributed by atoms with van der Waals surface area (Å²) >= 11 is 0. The molecule has 3 rings (SSSR count). The molecule has 1 aliphatic heterocycles. The van der Waals surface area contributed by atoms with Crippen LogP contribution in [-0.4, -0.2) is 43.3 Å². The minimum absolute atomic E-state index is 0.167. The molecule has 1 N–H and O–H groups in total. The predicted octanol–water partition coefficient (Wildman–Crippen LogP) is 2.92. The highest BCUT2D eigenvalue weighted by Gasteiger charge is 2.49. The van der Waals surface area contributed by atoms with Gasteiger partial charge in [0.25, 0.3) is 0 Å². The quantitative estimate of drug-likeness (QED) is 0.845. The third kappa shape index (κ3) is 2.67. The van der Waals surface area contributed by atoms with Crippen molar-refractivity contribution < 1.29 is 9.53 Å². The molecule has 1 heterocycles. The molecule has 4 heteroatoms. The molecule has 4 nitrogen and oxygen atoms in total. The zero-order valence-corrected chi connectivity index (χ0v) is 12.7. The van der Waals surface area contributed by atoms with Gasteiger partial charge >= 0.3 is 6.03 Å². The largest absolute Gasteiger partial charge is 0.381 e. The Labute approximate surface area is 122 Å². The highest BCUT2D eigenvalue weighted by molar-refractivity contribution is 5.74. The molecule has 0 bridgehead atoms. The number of nitrogens with one attached hydrogen (secondary N) is 1. The van der Waals surface area contributed by atoms with Gasteiger partial charge < -0.3 is 15.0 Å². The normalized spacial score (nSPS) is 30.1. The highest BCUT2D eigenvalue weighted by atomic mass is 16.5. The summed E-state index contributed by atoms with van der Waals surface area (Å²) in [5, 5.41) is 3.23. The predicted molar refractivity (Wildman–Crippen MR) is 78.7 cm³/mol. The number of carbonyl (C=O) groups is 1. The van der Waals surface area contributed by atoms with E-state index in [1.807, 2.05) is 12.0 Å². The summed E-state index contributed by atoms with van der Waals surface area (Å²) in [7, 11) is 1.83. The van der Waals surface area contributed by atoms with E-state index in [2.05, 4.69) is 5.32 Å². The van der Waals surface area contributed by atoms with Gasteiger partial charge in [-0.05, 0) is 38.5 Å². The number of hydrogen-bond donors (Lipinski definition) is 1. The fourth-order valence-electron chi connectivity index (χ4n) is 4.28. The van der Waals surface area contributed by atoms with Gasteiger partial charge in [0, 0.05) is 31.7 Å². The molecule has 1 spiro atoms. The number of amides is 2. The van der Waals surface area contributed by atoms with E-state index in [4.69, 9.17) is 4.74 Å². The van der Waals surface area contributed by atoms with Gasteiger partial charge in [0.05, 0.1) is 6.10 Å². The molecule has 20 heavy (non-hydrogen) atoms. The molecule has 1 atom stereocenters. The molecule has 0 aromatic heterocycles. The van der Waals surface area contributed by atoms with Crippen molar-refractivity contribution in [2.75, 3.05) is 20.2 Å². The molecule has 3 aliphatic rings. The van der Waals surface area contributed by atoms with E-state index in [0.29, 0.717) is 17.6 Å². The topological polar surface area (TPSA) is 41.6 Å². The number of hydrogen-bond acceptors (Lipinski definition) is 2. The minimum Gasteiger partial charge on any atom is -0.381 e. The fourth-order valence-corrected chi connectivity index (χ4v) is 4.28. The molecule has 0 aromatic carbocycles. The molecule has 2 saturated carbocycles. The molecular weight excluding hydrogens is 252 g/mol. The van der Waals surface area contributed by atoms with Gasteiger partial charge in [0.15, 0.2) is 0 Å². The summed E-state index contributed by atoms with van der Waals surface area (Å²) in [6.45, 7) is 1.80. The standard InChI is InChI=1S/C16H28N2O2/c1-20-14-7-8-16(14)9-11-18(12-10-16)15(19)17-13-5-3-2-4-6-13/h13-14H,2-12H2,1H3,(H,17,19). The van der Waals surface area contributed by atoms with Gasteiger partial charge in [-0.3, -0.25) is 0 Å². The van der Waals surface area contributed by atoms with Crippen LogP contribution < -0.4 is 5.32 Å². The lowest BCUT2D eigenvalue weighted by Crippen LogP contribution is -2.56. The molecule has 1 saturated heterocycles. The maximum atomic E-state index is 12.3. The average molecular weight is 280 g/mol. The van der Waals surface area contributed by atoms with Crippen LogP contribution in [0.4, 0.5) is 4.79 Å². The second-order valence-electron chi connectivity index (χ2n) is 6.90. The van der Waals surface area contributed by atoms with Crippen LogP contribution in [0.5, 0.6) is 0 Å². The first-order valence-corrected chi connectivity index (χ1v) is 8.32. The van der Waals surface area contributed by atoms with E-state index in [-0.39, 0.29) is 6.03 Å². The van der Waals surface area contributed by atoms with Gasteiger partial charge in [-0.1, -0.05) is 19.3 Å². The van der Waals surface area contributed by atoms with Crippen LogP contribution in [0.2, 0.25) is 0 Å². The molecular formula is C16H28N2O2. The van der Waals surface area contributed by atoms with Crippen molar-refractivity contribution in [3.8, 4) is 0 Å². The Morgan fingerprint density at radius 3 is 2.35 bits per heavy atom. The fraction of sp³-hybridized carbons (Fsp3) is 0.938. The number of carbonyl (C=O) groups excluding carboxylic acids is 1. The first-order chi connectivity index (χ1) is 9.73. The van der Waals surface area contributed by atoms with Crippen LogP contribution in [0.25, 0.3) is 0 Å². The van der Waals surface area contributed by atoms with E-state index in [1.54, 1.807) is 0 Å². The summed E-state index contributed by atoms with van der Waals surface area (Å²) in [5.41, 5.74) is 0.385. The second-order valence-corrected chi connectivity index (χ2v) is 6.90. The first kappa shape index (κ1) is 14.2. The first-order valence-electron chi connectivity index (χ1n) is 8.32. The lowest BCUT2D eigenvalue weighted by atomic mass is 9.61. The van der Waals surface area contributed by atoms with E-state index in [0.717, 1.165) is 38.8 Å². The number of urea groups is 1. The third-order valence-electron chi connectivity index (χ3n) is 5.85. The number of nitrogens with zero attached hydrogens (tertiary/aromatic N) is 1. The smallest absolute Gasteiger partial charge is 0.317 e. The molecule has 2 amide bonds. The Bertz CT molecular complexity index is 342. The van der Waals surface area contributed by atoms with Crippen LogP contribution in [0.3, 0.4) is 0 Å². The van der Waals surface area contributed by atoms with Crippen LogP contribution in [0, 0.1) is 5.41 Å². The number of rotatable bonds is 2. The molecule has 2 aliphatic carbocycles. The zero-order valence-electron chi connectivity index (χ0n) is 12.7. The molecule has 114 valence electrons. The van der Waals surface area contributed by atoms with E-state index in [1.165, 1.54) is 32.1 Å². The Balaban J connectivity index is 1.46.